The quantitative estimate of drug-likeness (QED) is 0.729. The molecule has 1 aromatic rings. The van der Waals surface area contributed by atoms with E-state index in [0.717, 1.165) is 12.1 Å². The third-order valence-electron chi connectivity index (χ3n) is 4.00. The standard InChI is InChI=1S/C16H23ClN4O2/c1-19(2)7-8-21-11-13(9-14(21)22)16(23)20(3)10-12-5-4-6-18-15(12)17/h4-6,13H,7-11H2,1-3H3/t13-/m0/s1. The van der Waals surface area contributed by atoms with Gasteiger partial charge in [0.25, 0.3) is 0 Å². The lowest BCUT2D eigenvalue weighted by Gasteiger charge is -2.22. The van der Waals surface area contributed by atoms with E-state index in [1.54, 1.807) is 29.1 Å². The smallest absolute Gasteiger partial charge is 0.228 e. The molecule has 0 aliphatic carbocycles. The summed E-state index contributed by atoms with van der Waals surface area (Å²) in [5, 5.41) is 0.405. The fourth-order valence-corrected chi connectivity index (χ4v) is 2.84. The van der Waals surface area contributed by atoms with Crippen molar-refractivity contribution in [1.29, 1.82) is 0 Å². The third-order valence-corrected chi connectivity index (χ3v) is 4.34. The minimum atomic E-state index is -0.273. The van der Waals surface area contributed by atoms with Gasteiger partial charge >= 0.3 is 0 Å². The van der Waals surface area contributed by atoms with E-state index in [-0.39, 0.29) is 24.2 Å². The van der Waals surface area contributed by atoms with E-state index >= 15 is 0 Å². The van der Waals surface area contributed by atoms with E-state index in [0.29, 0.717) is 24.8 Å². The van der Waals surface area contributed by atoms with Gasteiger partial charge in [-0.1, -0.05) is 17.7 Å². The van der Waals surface area contributed by atoms with Crippen LogP contribution in [0.1, 0.15) is 12.0 Å². The molecule has 23 heavy (non-hydrogen) atoms. The van der Waals surface area contributed by atoms with Crippen LogP contribution in [0.5, 0.6) is 0 Å². The van der Waals surface area contributed by atoms with Crippen LogP contribution in [-0.2, 0) is 16.1 Å². The number of rotatable bonds is 6. The molecular weight excluding hydrogens is 316 g/mol. The van der Waals surface area contributed by atoms with Crippen molar-refractivity contribution in [3.8, 4) is 0 Å². The molecular formula is C16H23ClN4O2. The van der Waals surface area contributed by atoms with Gasteiger partial charge in [0.1, 0.15) is 5.15 Å². The molecule has 0 spiro atoms. The van der Waals surface area contributed by atoms with Crippen molar-refractivity contribution in [2.24, 2.45) is 5.92 Å². The van der Waals surface area contributed by atoms with Crippen molar-refractivity contribution in [3.05, 3.63) is 29.0 Å². The molecule has 1 aromatic heterocycles. The molecule has 0 saturated carbocycles. The number of pyridine rings is 1. The van der Waals surface area contributed by atoms with Crippen LogP contribution >= 0.6 is 11.6 Å². The molecule has 6 nitrogen and oxygen atoms in total. The van der Waals surface area contributed by atoms with Crippen LogP contribution in [0.4, 0.5) is 0 Å². The van der Waals surface area contributed by atoms with E-state index in [2.05, 4.69) is 4.98 Å². The average Bonchev–Trinajstić information content (AvgIpc) is 2.87. The second-order valence-corrected chi connectivity index (χ2v) is 6.55. The SMILES string of the molecule is CN(C)CCN1C[C@@H](C(=O)N(C)Cc2cccnc2Cl)CC1=O. The van der Waals surface area contributed by atoms with E-state index in [1.807, 2.05) is 25.1 Å². The zero-order chi connectivity index (χ0) is 17.0. The van der Waals surface area contributed by atoms with E-state index in [9.17, 15) is 9.59 Å². The highest BCUT2D eigenvalue weighted by Crippen LogP contribution is 2.21. The zero-order valence-corrected chi connectivity index (χ0v) is 14.6. The van der Waals surface area contributed by atoms with Gasteiger partial charge in [-0.3, -0.25) is 9.59 Å². The number of carbonyl (C=O) groups excluding carboxylic acids is 2. The van der Waals surface area contributed by atoms with Crippen molar-refractivity contribution < 1.29 is 9.59 Å². The number of carbonyl (C=O) groups is 2. The van der Waals surface area contributed by atoms with Crippen LogP contribution in [0.25, 0.3) is 0 Å². The van der Waals surface area contributed by atoms with Crippen molar-refractivity contribution in [1.82, 2.24) is 19.7 Å². The molecule has 0 unspecified atom stereocenters. The molecule has 1 fully saturated rings. The van der Waals surface area contributed by atoms with E-state index < -0.39 is 0 Å². The van der Waals surface area contributed by atoms with Crippen LogP contribution in [-0.4, -0.2) is 72.3 Å². The van der Waals surface area contributed by atoms with Gasteiger partial charge in [0, 0.05) is 51.4 Å². The molecule has 2 heterocycles. The van der Waals surface area contributed by atoms with Gasteiger partial charge in [0.15, 0.2) is 0 Å². The molecule has 0 bridgehead atoms. The lowest BCUT2D eigenvalue weighted by molar-refractivity contribution is -0.135. The largest absolute Gasteiger partial charge is 0.341 e. The molecule has 0 N–H and O–H groups in total. The normalized spacial score (nSPS) is 17.9. The Morgan fingerprint density at radius 2 is 2.17 bits per heavy atom. The summed E-state index contributed by atoms with van der Waals surface area (Å²) in [6.07, 6.45) is 1.91. The van der Waals surface area contributed by atoms with Gasteiger partial charge in [-0.15, -0.1) is 0 Å². The number of amides is 2. The maximum Gasteiger partial charge on any atom is 0.228 e. The Balaban J connectivity index is 1.93. The zero-order valence-electron chi connectivity index (χ0n) is 13.8. The van der Waals surface area contributed by atoms with Crippen LogP contribution in [0.3, 0.4) is 0 Å². The lowest BCUT2D eigenvalue weighted by Crippen LogP contribution is -2.36. The van der Waals surface area contributed by atoms with Crippen LogP contribution < -0.4 is 0 Å². The van der Waals surface area contributed by atoms with Gasteiger partial charge in [-0.25, -0.2) is 4.98 Å². The van der Waals surface area contributed by atoms with Gasteiger partial charge in [-0.05, 0) is 20.2 Å². The van der Waals surface area contributed by atoms with Crippen molar-refractivity contribution in [2.45, 2.75) is 13.0 Å². The first-order chi connectivity index (χ1) is 10.9. The highest BCUT2D eigenvalue weighted by molar-refractivity contribution is 6.30. The molecule has 1 aliphatic rings. The first-order valence-electron chi connectivity index (χ1n) is 7.65. The van der Waals surface area contributed by atoms with Gasteiger partial charge in [0.05, 0.1) is 5.92 Å². The Morgan fingerprint density at radius 3 is 2.83 bits per heavy atom. The average molecular weight is 339 g/mol. The second kappa shape index (κ2) is 7.75. The maximum atomic E-state index is 12.6. The Labute approximate surface area is 142 Å². The highest BCUT2D eigenvalue weighted by Gasteiger charge is 2.35. The molecule has 1 atom stereocenters. The summed E-state index contributed by atoms with van der Waals surface area (Å²) in [6.45, 7) is 2.35. The van der Waals surface area contributed by atoms with Gasteiger partial charge < -0.3 is 14.7 Å². The molecule has 7 heteroatoms. The number of likely N-dealkylation sites (tertiary alicyclic amines) is 1. The summed E-state index contributed by atoms with van der Waals surface area (Å²) in [5.74, 6) is -0.242. The van der Waals surface area contributed by atoms with Crippen molar-refractivity contribution >= 4 is 23.4 Å². The fourth-order valence-electron chi connectivity index (χ4n) is 2.66. The Bertz CT molecular complexity index is 579. The summed E-state index contributed by atoms with van der Waals surface area (Å²) < 4.78 is 0. The Morgan fingerprint density at radius 1 is 1.43 bits per heavy atom. The predicted molar refractivity (Wildman–Crippen MR) is 89.0 cm³/mol. The minimum Gasteiger partial charge on any atom is -0.341 e. The van der Waals surface area contributed by atoms with E-state index in [4.69, 9.17) is 11.6 Å². The highest BCUT2D eigenvalue weighted by atomic mass is 35.5. The molecule has 0 aromatic carbocycles. The summed E-state index contributed by atoms with van der Waals surface area (Å²) in [7, 11) is 5.67. The number of aromatic nitrogens is 1. The fraction of sp³-hybridized carbons (Fsp3) is 0.562. The van der Waals surface area contributed by atoms with Crippen molar-refractivity contribution in [2.75, 3.05) is 40.8 Å². The predicted octanol–water partition coefficient (Wildman–Crippen LogP) is 1.10. The second-order valence-electron chi connectivity index (χ2n) is 6.19. The number of likely N-dealkylation sites (N-methyl/N-ethyl adjacent to an activating group) is 1. The van der Waals surface area contributed by atoms with Crippen LogP contribution in [0, 0.1) is 5.92 Å². The third kappa shape index (κ3) is 4.65. The number of halogens is 1. The Kier molecular flexibility index (Phi) is 5.96. The minimum absolute atomic E-state index is 0.0226. The van der Waals surface area contributed by atoms with Crippen molar-refractivity contribution in [3.63, 3.8) is 0 Å². The number of hydrogen-bond acceptors (Lipinski definition) is 4. The van der Waals surface area contributed by atoms with E-state index in [1.165, 1.54) is 0 Å². The maximum absolute atomic E-state index is 12.6. The number of hydrogen-bond donors (Lipinski definition) is 0. The summed E-state index contributed by atoms with van der Waals surface area (Å²) in [5.41, 5.74) is 0.804. The lowest BCUT2D eigenvalue weighted by atomic mass is 10.1. The number of nitrogens with zero attached hydrogens (tertiary/aromatic N) is 4. The molecule has 1 saturated heterocycles. The summed E-state index contributed by atoms with van der Waals surface area (Å²) in [6, 6.07) is 3.64. The van der Waals surface area contributed by atoms with Crippen LogP contribution in [0.2, 0.25) is 5.15 Å². The topological polar surface area (TPSA) is 56.8 Å². The molecule has 0 radical (unpaired) electrons. The molecule has 2 amide bonds. The Hall–Kier alpha value is -1.66. The molecule has 1 aliphatic heterocycles. The summed E-state index contributed by atoms with van der Waals surface area (Å²) in [4.78, 5) is 34.0. The summed E-state index contributed by atoms with van der Waals surface area (Å²) >= 11 is 6.03. The van der Waals surface area contributed by atoms with Gasteiger partial charge in [-0.2, -0.15) is 0 Å². The first kappa shape index (κ1) is 17.7. The monoisotopic (exact) mass is 338 g/mol. The van der Waals surface area contributed by atoms with Crippen LogP contribution in [0.15, 0.2) is 18.3 Å². The molecule has 2 rings (SSSR count). The molecule has 126 valence electrons. The first-order valence-corrected chi connectivity index (χ1v) is 8.03. The van der Waals surface area contributed by atoms with Gasteiger partial charge in [0.2, 0.25) is 11.8 Å².